The lowest BCUT2D eigenvalue weighted by atomic mass is 9.96. The lowest BCUT2D eigenvalue weighted by Gasteiger charge is -2.26. The molecular weight excluding hydrogens is 518 g/mol. The molecule has 0 spiro atoms. The van der Waals surface area contributed by atoms with Gasteiger partial charge in [0.1, 0.15) is 11.5 Å². The summed E-state index contributed by atoms with van der Waals surface area (Å²) in [6, 6.07) is 9.79. The number of aromatic amines is 1. The minimum atomic E-state index is -3.02. The van der Waals surface area contributed by atoms with E-state index in [1.165, 1.54) is 0 Å². The lowest BCUT2D eigenvalue weighted by Crippen LogP contribution is -2.44. The number of aromatic nitrogens is 2. The van der Waals surface area contributed by atoms with Gasteiger partial charge in [0.15, 0.2) is 9.84 Å². The van der Waals surface area contributed by atoms with Crippen LogP contribution in [0.3, 0.4) is 0 Å². The van der Waals surface area contributed by atoms with E-state index in [2.05, 4.69) is 15.3 Å². The first-order valence-corrected chi connectivity index (χ1v) is 15.1. The minimum absolute atomic E-state index is 0.00968. The van der Waals surface area contributed by atoms with Crippen molar-refractivity contribution >= 4 is 44.4 Å². The van der Waals surface area contributed by atoms with Crippen LogP contribution in [0.5, 0.6) is 0 Å². The number of carbonyl (C=O) groups excluding carboxylic acids is 3. The third-order valence-electron chi connectivity index (χ3n) is 7.34. The molecule has 206 valence electrons. The number of hydrogen-bond donors (Lipinski definition) is 3. The number of anilines is 1. The van der Waals surface area contributed by atoms with Gasteiger partial charge in [-0.05, 0) is 67.0 Å². The van der Waals surface area contributed by atoms with Gasteiger partial charge in [0, 0.05) is 36.5 Å². The highest BCUT2D eigenvalue weighted by atomic mass is 32.2. The van der Waals surface area contributed by atoms with Gasteiger partial charge in [0.25, 0.3) is 0 Å². The maximum absolute atomic E-state index is 12.7. The maximum Gasteiger partial charge on any atom is 0.228 e. The predicted molar refractivity (Wildman–Crippen MR) is 148 cm³/mol. The lowest BCUT2D eigenvalue weighted by molar-refractivity contribution is -0.130. The highest BCUT2D eigenvalue weighted by molar-refractivity contribution is 7.91. The Morgan fingerprint density at radius 3 is 2.31 bits per heavy atom. The SMILES string of the molecule is Cc1cc(CC(=O)N2CCS(=O)(=O)CC2)ccc1-c1cc(NC(=O)C2CC2)nc2[nH]ccc12.NC(=O)C1CC1. The first-order valence-electron chi connectivity index (χ1n) is 13.3. The van der Waals surface area contributed by atoms with E-state index in [-0.39, 0.29) is 60.6 Å². The van der Waals surface area contributed by atoms with E-state index in [0.717, 1.165) is 53.3 Å². The Bertz CT molecular complexity index is 1520. The van der Waals surface area contributed by atoms with E-state index in [9.17, 15) is 22.8 Å². The van der Waals surface area contributed by atoms with Gasteiger partial charge in [-0.25, -0.2) is 13.4 Å². The third kappa shape index (κ3) is 6.65. The number of rotatable bonds is 6. The fraction of sp³-hybridized carbons (Fsp3) is 0.429. The van der Waals surface area contributed by atoms with Gasteiger partial charge in [-0.1, -0.05) is 18.2 Å². The van der Waals surface area contributed by atoms with Gasteiger partial charge in [0.05, 0.1) is 17.9 Å². The molecule has 0 radical (unpaired) electrons. The molecule has 6 rings (SSSR count). The quantitative estimate of drug-likeness (QED) is 0.428. The summed E-state index contributed by atoms with van der Waals surface area (Å²) in [7, 11) is -3.02. The monoisotopic (exact) mass is 551 g/mol. The summed E-state index contributed by atoms with van der Waals surface area (Å²) < 4.78 is 23.2. The topological polar surface area (TPSA) is 155 Å². The Morgan fingerprint density at radius 2 is 1.72 bits per heavy atom. The minimum Gasteiger partial charge on any atom is -0.369 e. The van der Waals surface area contributed by atoms with E-state index < -0.39 is 9.84 Å². The van der Waals surface area contributed by atoms with Crippen LogP contribution >= 0.6 is 0 Å². The van der Waals surface area contributed by atoms with Crippen LogP contribution in [-0.4, -0.2) is 65.6 Å². The van der Waals surface area contributed by atoms with Crippen LogP contribution in [0.15, 0.2) is 36.5 Å². The van der Waals surface area contributed by atoms with Crippen LogP contribution < -0.4 is 11.1 Å². The molecule has 1 aliphatic heterocycles. The van der Waals surface area contributed by atoms with Crippen LogP contribution in [0.2, 0.25) is 0 Å². The summed E-state index contributed by atoms with van der Waals surface area (Å²) in [5, 5.41) is 3.89. The Hall–Kier alpha value is -3.73. The number of amides is 3. The molecule has 0 bridgehead atoms. The molecule has 39 heavy (non-hydrogen) atoms. The highest BCUT2D eigenvalue weighted by Gasteiger charge is 2.30. The van der Waals surface area contributed by atoms with Crippen molar-refractivity contribution in [3.05, 3.63) is 47.7 Å². The molecule has 2 aromatic heterocycles. The normalized spacial score (nSPS) is 18.2. The average Bonchev–Trinajstić information content (AvgIpc) is 3.81. The highest BCUT2D eigenvalue weighted by Crippen LogP contribution is 2.34. The van der Waals surface area contributed by atoms with Crippen molar-refractivity contribution in [1.82, 2.24) is 14.9 Å². The number of fused-ring (bicyclic) bond motifs is 1. The fourth-order valence-electron chi connectivity index (χ4n) is 4.65. The number of nitrogens with zero attached hydrogens (tertiary/aromatic N) is 2. The summed E-state index contributed by atoms with van der Waals surface area (Å²) in [6.45, 7) is 2.52. The number of carbonyl (C=O) groups is 3. The summed E-state index contributed by atoms with van der Waals surface area (Å²) >= 11 is 0. The van der Waals surface area contributed by atoms with Crippen LogP contribution in [0.25, 0.3) is 22.2 Å². The molecule has 0 unspecified atom stereocenters. The molecule has 2 saturated carbocycles. The van der Waals surface area contributed by atoms with Crippen molar-refractivity contribution < 1.29 is 22.8 Å². The number of aryl methyl sites for hydroxylation is 1. The molecule has 1 aromatic carbocycles. The van der Waals surface area contributed by atoms with E-state index in [1.54, 1.807) is 4.90 Å². The number of nitrogens with two attached hydrogens (primary N) is 1. The Balaban J connectivity index is 0.000000455. The number of benzene rings is 1. The summed E-state index contributed by atoms with van der Waals surface area (Å²) in [4.78, 5) is 44.2. The van der Waals surface area contributed by atoms with Crippen molar-refractivity contribution in [2.45, 2.75) is 39.0 Å². The summed E-state index contributed by atoms with van der Waals surface area (Å²) in [6.07, 6.45) is 5.96. The molecule has 4 N–H and O–H groups in total. The molecule has 10 nitrogen and oxygen atoms in total. The van der Waals surface area contributed by atoms with E-state index in [4.69, 9.17) is 5.73 Å². The second kappa shape index (κ2) is 10.8. The standard InChI is InChI=1S/C24H26N4O4S.C4H7NO/c1-15-12-16(13-22(29)28-8-10-33(31,32)11-9-28)2-5-18(15)20-14-21(27-24(30)17-3-4-17)26-23-19(20)6-7-25-23;5-4(6)3-1-2-3/h2,5-7,12,14,17H,3-4,8-11,13H2,1H3,(H2,25,26,27,30);3H,1-2H2,(H2,5,6). The number of sulfone groups is 1. The molecule has 2 aliphatic carbocycles. The average molecular weight is 552 g/mol. The Morgan fingerprint density at radius 1 is 1.03 bits per heavy atom. The predicted octanol–water partition coefficient (Wildman–Crippen LogP) is 2.57. The van der Waals surface area contributed by atoms with Crippen LogP contribution in [0, 0.1) is 18.8 Å². The van der Waals surface area contributed by atoms with Gasteiger partial charge >= 0.3 is 0 Å². The number of nitrogens with one attached hydrogen (secondary N) is 2. The summed E-state index contributed by atoms with van der Waals surface area (Å²) in [5.74, 6) is 0.744. The second-order valence-corrected chi connectivity index (χ2v) is 12.9. The Kier molecular flexibility index (Phi) is 7.44. The number of hydrogen-bond acceptors (Lipinski definition) is 6. The molecule has 0 atom stereocenters. The van der Waals surface area contributed by atoms with Gasteiger partial charge in [-0.3, -0.25) is 14.4 Å². The van der Waals surface area contributed by atoms with E-state index >= 15 is 0 Å². The largest absolute Gasteiger partial charge is 0.369 e. The van der Waals surface area contributed by atoms with E-state index in [0.29, 0.717) is 11.5 Å². The zero-order valence-electron chi connectivity index (χ0n) is 21.9. The van der Waals surface area contributed by atoms with Crippen molar-refractivity contribution in [2.75, 3.05) is 29.9 Å². The first kappa shape index (κ1) is 26.9. The van der Waals surface area contributed by atoms with Crippen molar-refractivity contribution in [2.24, 2.45) is 17.6 Å². The fourth-order valence-corrected chi connectivity index (χ4v) is 5.85. The second-order valence-electron chi connectivity index (χ2n) is 10.6. The molecule has 3 aromatic rings. The maximum atomic E-state index is 12.7. The van der Waals surface area contributed by atoms with Gasteiger partial charge in [0.2, 0.25) is 17.7 Å². The van der Waals surface area contributed by atoms with Gasteiger partial charge in [-0.15, -0.1) is 0 Å². The smallest absolute Gasteiger partial charge is 0.228 e. The zero-order chi connectivity index (χ0) is 27.7. The van der Waals surface area contributed by atoms with Gasteiger partial charge in [-0.2, -0.15) is 0 Å². The van der Waals surface area contributed by atoms with Crippen molar-refractivity contribution in [3.63, 3.8) is 0 Å². The van der Waals surface area contributed by atoms with Crippen LogP contribution in [0.4, 0.5) is 5.82 Å². The van der Waals surface area contributed by atoms with Crippen molar-refractivity contribution in [3.8, 4) is 11.1 Å². The third-order valence-corrected chi connectivity index (χ3v) is 8.95. The number of primary amides is 1. The molecular formula is C28H33N5O5S. The molecule has 3 amide bonds. The molecule has 3 fully saturated rings. The zero-order valence-corrected chi connectivity index (χ0v) is 22.7. The molecule has 3 aliphatic rings. The van der Waals surface area contributed by atoms with Gasteiger partial charge < -0.3 is 20.9 Å². The molecule has 1 saturated heterocycles. The molecule has 11 heteroatoms. The van der Waals surface area contributed by atoms with Crippen molar-refractivity contribution in [1.29, 1.82) is 0 Å². The summed E-state index contributed by atoms with van der Waals surface area (Å²) in [5.41, 5.74) is 9.42. The first-order chi connectivity index (χ1) is 18.6. The molecule has 3 heterocycles. The Labute approximate surface area is 227 Å². The number of pyridine rings is 1. The van der Waals surface area contributed by atoms with E-state index in [1.807, 2.05) is 43.5 Å². The van der Waals surface area contributed by atoms with Crippen LogP contribution in [-0.2, 0) is 30.6 Å². The number of H-pyrrole nitrogens is 1. The van der Waals surface area contributed by atoms with Crippen LogP contribution in [0.1, 0.15) is 36.8 Å².